The lowest BCUT2D eigenvalue weighted by molar-refractivity contribution is 0.329. The van der Waals surface area contributed by atoms with Gasteiger partial charge in [-0.25, -0.2) is 4.98 Å². The Balaban J connectivity index is 1.91. The number of para-hydroxylation sites is 1. The molecule has 1 aromatic heterocycles. The predicted molar refractivity (Wildman–Crippen MR) is 99.4 cm³/mol. The van der Waals surface area contributed by atoms with Crippen LogP contribution in [0.1, 0.15) is 18.2 Å². The van der Waals surface area contributed by atoms with Gasteiger partial charge in [-0.05, 0) is 48.4 Å². The van der Waals surface area contributed by atoms with Crippen LogP contribution < -0.4 is 9.47 Å². The van der Waals surface area contributed by atoms with Gasteiger partial charge in [0.1, 0.15) is 6.07 Å². The van der Waals surface area contributed by atoms with Crippen LogP contribution in [0.25, 0.3) is 22.6 Å². The summed E-state index contributed by atoms with van der Waals surface area (Å²) in [6.07, 6.45) is 2.05. The largest absolute Gasteiger partial charge is 0.493 e. The fraction of sp³-hybridized carbons (Fsp3) is 0.143. The average Bonchev–Trinajstić information content (AvgIpc) is 2.66. The van der Waals surface area contributed by atoms with Gasteiger partial charge in [-0.15, -0.1) is 0 Å². The van der Waals surface area contributed by atoms with Crippen molar-refractivity contribution in [3.05, 3.63) is 65.9 Å². The Hall–Kier alpha value is -3.32. The Labute approximate surface area is 147 Å². The van der Waals surface area contributed by atoms with Crippen LogP contribution in [0.15, 0.2) is 54.6 Å². The standard InChI is InChI=1S/C21H18N2O2/c1-15(18-9-8-17-5-3-4-6-19(17)23-18)13-16-7-10-20(25-12-11-22)21(14-16)24-2/h3-10,13-14H,12H2,1-2H3/b15-13+. The second-order valence-corrected chi connectivity index (χ2v) is 5.57. The smallest absolute Gasteiger partial charge is 0.174 e. The topological polar surface area (TPSA) is 55.1 Å². The second-order valence-electron chi connectivity index (χ2n) is 5.57. The van der Waals surface area contributed by atoms with E-state index in [0.717, 1.165) is 27.7 Å². The van der Waals surface area contributed by atoms with Crippen LogP contribution in [0.2, 0.25) is 0 Å². The maximum Gasteiger partial charge on any atom is 0.174 e. The van der Waals surface area contributed by atoms with Crippen molar-refractivity contribution in [2.75, 3.05) is 13.7 Å². The molecule has 0 aliphatic rings. The number of benzene rings is 2. The van der Waals surface area contributed by atoms with Crippen LogP contribution in [-0.4, -0.2) is 18.7 Å². The number of nitriles is 1. The molecule has 124 valence electrons. The van der Waals surface area contributed by atoms with Crippen LogP contribution in [0.5, 0.6) is 11.5 Å². The highest BCUT2D eigenvalue weighted by molar-refractivity contribution is 5.84. The third kappa shape index (κ3) is 3.78. The van der Waals surface area contributed by atoms with E-state index in [1.807, 2.05) is 61.5 Å². The van der Waals surface area contributed by atoms with Crippen molar-refractivity contribution in [2.45, 2.75) is 6.92 Å². The zero-order chi connectivity index (χ0) is 17.6. The molecule has 0 radical (unpaired) electrons. The highest BCUT2D eigenvalue weighted by Gasteiger charge is 2.06. The number of hydrogen-bond acceptors (Lipinski definition) is 4. The third-order valence-electron chi connectivity index (χ3n) is 3.87. The zero-order valence-electron chi connectivity index (χ0n) is 14.2. The number of methoxy groups -OCH3 is 1. The molecule has 3 aromatic rings. The summed E-state index contributed by atoms with van der Waals surface area (Å²) < 4.78 is 10.7. The maximum absolute atomic E-state index is 8.63. The summed E-state index contributed by atoms with van der Waals surface area (Å²) in [5.41, 5.74) is 3.94. The molecule has 0 spiro atoms. The normalized spacial score (nSPS) is 11.2. The van der Waals surface area contributed by atoms with E-state index in [0.29, 0.717) is 11.5 Å². The fourth-order valence-corrected chi connectivity index (χ4v) is 2.61. The first-order chi connectivity index (χ1) is 12.2. The molecule has 4 heteroatoms. The molecular weight excluding hydrogens is 312 g/mol. The highest BCUT2D eigenvalue weighted by Crippen LogP contribution is 2.29. The van der Waals surface area contributed by atoms with Gasteiger partial charge in [-0.1, -0.05) is 30.3 Å². The van der Waals surface area contributed by atoms with Crippen LogP contribution in [0, 0.1) is 11.3 Å². The summed E-state index contributed by atoms with van der Waals surface area (Å²) in [6.45, 7) is 2.02. The van der Waals surface area contributed by atoms with Gasteiger partial charge in [0.25, 0.3) is 0 Å². The van der Waals surface area contributed by atoms with Gasteiger partial charge in [0.05, 0.1) is 18.3 Å². The van der Waals surface area contributed by atoms with Gasteiger partial charge in [0, 0.05) is 5.39 Å². The van der Waals surface area contributed by atoms with Crippen LogP contribution in [0.3, 0.4) is 0 Å². The lowest BCUT2D eigenvalue weighted by Gasteiger charge is -2.09. The van der Waals surface area contributed by atoms with Crippen molar-refractivity contribution in [3.8, 4) is 17.6 Å². The first kappa shape index (κ1) is 16.5. The number of aromatic nitrogens is 1. The Kier molecular flexibility index (Phi) is 4.96. The molecule has 0 atom stereocenters. The molecule has 0 aliphatic heterocycles. The number of nitrogens with zero attached hydrogens (tertiary/aromatic N) is 2. The van der Waals surface area contributed by atoms with Gasteiger partial charge in [0.15, 0.2) is 18.1 Å². The summed E-state index contributed by atoms with van der Waals surface area (Å²) in [7, 11) is 1.58. The van der Waals surface area contributed by atoms with Crippen molar-refractivity contribution in [2.24, 2.45) is 0 Å². The summed E-state index contributed by atoms with van der Waals surface area (Å²) in [4.78, 5) is 4.71. The summed E-state index contributed by atoms with van der Waals surface area (Å²) in [6, 6.07) is 19.7. The minimum absolute atomic E-state index is 0.00835. The van der Waals surface area contributed by atoms with Gasteiger partial charge in [-0.2, -0.15) is 5.26 Å². The van der Waals surface area contributed by atoms with Crippen LogP contribution in [-0.2, 0) is 0 Å². The van der Waals surface area contributed by atoms with E-state index in [2.05, 4.69) is 12.1 Å². The molecule has 1 heterocycles. The Morgan fingerprint density at radius 1 is 1.12 bits per heavy atom. The van der Waals surface area contributed by atoms with Crippen molar-refractivity contribution >= 4 is 22.6 Å². The molecule has 0 saturated carbocycles. The highest BCUT2D eigenvalue weighted by atomic mass is 16.5. The molecule has 0 saturated heterocycles. The molecule has 3 rings (SSSR count). The van der Waals surface area contributed by atoms with Gasteiger partial charge in [-0.3, -0.25) is 0 Å². The minimum Gasteiger partial charge on any atom is -0.493 e. The van der Waals surface area contributed by atoms with E-state index in [1.54, 1.807) is 7.11 Å². The lowest BCUT2D eigenvalue weighted by atomic mass is 10.1. The molecule has 0 amide bonds. The van der Waals surface area contributed by atoms with Crippen molar-refractivity contribution < 1.29 is 9.47 Å². The first-order valence-electron chi connectivity index (χ1n) is 7.93. The monoisotopic (exact) mass is 330 g/mol. The molecule has 0 aliphatic carbocycles. The van der Waals surface area contributed by atoms with Crippen molar-refractivity contribution in [3.63, 3.8) is 0 Å². The quantitative estimate of drug-likeness (QED) is 0.680. The molecule has 0 fully saturated rings. The second kappa shape index (κ2) is 7.50. The molecule has 25 heavy (non-hydrogen) atoms. The van der Waals surface area contributed by atoms with Crippen LogP contribution >= 0.6 is 0 Å². The van der Waals surface area contributed by atoms with E-state index in [4.69, 9.17) is 19.7 Å². The van der Waals surface area contributed by atoms with E-state index < -0.39 is 0 Å². The fourth-order valence-electron chi connectivity index (χ4n) is 2.61. The van der Waals surface area contributed by atoms with Gasteiger partial charge < -0.3 is 9.47 Å². The van der Waals surface area contributed by atoms with Crippen molar-refractivity contribution in [1.82, 2.24) is 4.98 Å². The number of pyridine rings is 1. The predicted octanol–water partition coefficient (Wildman–Crippen LogP) is 4.71. The van der Waals surface area contributed by atoms with E-state index in [-0.39, 0.29) is 6.61 Å². The molecule has 0 bridgehead atoms. The Morgan fingerprint density at radius 3 is 2.76 bits per heavy atom. The molecule has 0 unspecified atom stereocenters. The number of hydrogen-bond donors (Lipinski definition) is 0. The molecular formula is C21H18N2O2. The van der Waals surface area contributed by atoms with Crippen molar-refractivity contribution in [1.29, 1.82) is 5.26 Å². The van der Waals surface area contributed by atoms with Gasteiger partial charge >= 0.3 is 0 Å². The number of ether oxygens (including phenoxy) is 2. The number of fused-ring (bicyclic) bond motifs is 1. The number of rotatable bonds is 5. The SMILES string of the molecule is COc1cc(/C=C(\C)c2ccc3ccccc3n2)ccc1OCC#N. The van der Waals surface area contributed by atoms with E-state index in [9.17, 15) is 0 Å². The summed E-state index contributed by atoms with van der Waals surface area (Å²) in [5, 5.41) is 9.76. The third-order valence-corrected chi connectivity index (χ3v) is 3.87. The van der Waals surface area contributed by atoms with E-state index in [1.165, 1.54) is 0 Å². The first-order valence-corrected chi connectivity index (χ1v) is 7.93. The van der Waals surface area contributed by atoms with E-state index >= 15 is 0 Å². The minimum atomic E-state index is -0.00835. The Bertz CT molecular complexity index is 971. The summed E-state index contributed by atoms with van der Waals surface area (Å²) >= 11 is 0. The summed E-state index contributed by atoms with van der Waals surface area (Å²) in [5.74, 6) is 1.16. The zero-order valence-corrected chi connectivity index (χ0v) is 14.2. The maximum atomic E-state index is 8.63. The molecule has 4 nitrogen and oxygen atoms in total. The number of allylic oxidation sites excluding steroid dienone is 1. The van der Waals surface area contributed by atoms with Crippen LogP contribution in [0.4, 0.5) is 0 Å². The average molecular weight is 330 g/mol. The lowest BCUT2D eigenvalue weighted by Crippen LogP contribution is -1.96. The van der Waals surface area contributed by atoms with Gasteiger partial charge in [0.2, 0.25) is 0 Å². The Morgan fingerprint density at radius 2 is 1.96 bits per heavy atom. The molecule has 0 N–H and O–H groups in total. The molecule has 2 aromatic carbocycles.